The van der Waals surface area contributed by atoms with Gasteiger partial charge in [0.05, 0.1) is 24.3 Å². The van der Waals surface area contributed by atoms with Crippen molar-refractivity contribution in [1.29, 1.82) is 0 Å². The molecule has 0 aliphatic carbocycles. The van der Waals surface area contributed by atoms with E-state index in [2.05, 4.69) is 4.98 Å². The molecule has 2 N–H and O–H groups in total. The lowest BCUT2D eigenvalue weighted by molar-refractivity contribution is -0.921. The topological polar surface area (TPSA) is 46.5 Å². The Labute approximate surface area is 128 Å². The molecule has 1 aromatic carbocycles. The zero-order chi connectivity index (χ0) is 15.0. The minimum Gasteiger partial charge on any atom is -0.370 e. The standard InChI is InChI=1S/C16H19ClN2O2/c1-10-14(17)4-3-12-15(10)18-11(2)13(16(12)20)9-19-5-7-21-8-6-19/h3-4H,5-9H2,1-2H3,(H,18,20)/p+1. The normalized spacial score (nSPS) is 16.5. The largest absolute Gasteiger partial charge is 0.370 e. The third-order valence-electron chi connectivity index (χ3n) is 4.31. The molecule has 2 aromatic rings. The second kappa shape index (κ2) is 5.79. The molecule has 1 saturated heterocycles. The minimum atomic E-state index is 0.125. The van der Waals surface area contributed by atoms with E-state index < -0.39 is 0 Å². The molecule has 112 valence electrons. The van der Waals surface area contributed by atoms with Crippen LogP contribution in [0.4, 0.5) is 0 Å². The van der Waals surface area contributed by atoms with Crippen LogP contribution >= 0.6 is 11.6 Å². The number of ether oxygens (including phenoxy) is 1. The molecule has 0 amide bonds. The van der Waals surface area contributed by atoms with E-state index in [1.807, 2.05) is 19.9 Å². The summed E-state index contributed by atoms with van der Waals surface area (Å²) in [5, 5.41) is 1.41. The predicted molar refractivity (Wildman–Crippen MR) is 84.3 cm³/mol. The van der Waals surface area contributed by atoms with Crippen molar-refractivity contribution in [3.8, 4) is 0 Å². The number of benzene rings is 1. The first-order valence-corrected chi connectivity index (χ1v) is 7.67. The zero-order valence-corrected chi connectivity index (χ0v) is 13.1. The highest BCUT2D eigenvalue weighted by Crippen LogP contribution is 2.22. The third-order valence-corrected chi connectivity index (χ3v) is 4.72. The lowest BCUT2D eigenvalue weighted by atomic mass is 10.1. The second-order valence-electron chi connectivity index (χ2n) is 5.69. The van der Waals surface area contributed by atoms with Crippen molar-refractivity contribution in [2.45, 2.75) is 20.4 Å². The first kappa shape index (κ1) is 14.6. The summed E-state index contributed by atoms with van der Waals surface area (Å²) in [4.78, 5) is 17.6. The van der Waals surface area contributed by atoms with E-state index in [9.17, 15) is 4.79 Å². The molecular formula is C16H20ClN2O2+. The molecule has 0 atom stereocenters. The highest BCUT2D eigenvalue weighted by Gasteiger charge is 2.19. The molecule has 5 heteroatoms. The number of hydrogen-bond acceptors (Lipinski definition) is 2. The SMILES string of the molecule is Cc1[nH]c2c(C)c(Cl)ccc2c(=O)c1C[NH+]1CCOCC1. The number of aryl methyl sites for hydroxylation is 2. The summed E-state index contributed by atoms with van der Waals surface area (Å²) in [5.41, 5.74) is 3.73. The van der Waals surface area contributed by atoms with Gasteiger partial charge in [-0.05, 0) is 31.5 Å². The number of pyridine rings is 1. The number of nitrogens with one attached hydrogen (secondary N) is 2. The van der Waals surface area contributed by atoms with Gasteiger partial charge in [0, 0.05) is 16.1 Å². The number of halogens is 1. The van der Waals surface area contributed by atoms with Crippen LogP contribution in [-0.2, 0) is 11.3 Å². The van der Waals surface area contributed by atoms with Crippen LogP contribution in [0, 0.1) is 13.8 Å². The van der Waals surface area contributed by atoms with Crippen LogP contribution < -0.4 is 10.3 Å². The van der Waals surface area contributed by atoms with Gasteiger partial charge in [0.1, 0.15) is 19.6 Å². The highest BCUT2D eigenvalue weighted by molar-refractivity contribution is 6.32. The van der Waals surface area contributed by atoms with Gasteiger partial charge in [-0.15, -0.1) is 0 Å². The summed E-state index contributed by atoms with van der Waals surface area (Å²) >= 11 is 6.15. The number of aromatic nitrogens is 1. The first-order valence-electron chi connectivity index (χ1n) is 7.30. The molecular weight excluding hydrogens is 288 g/mol. The van der Waals surface area contributed by atoms with Gasteiger partial charge in [0.25, 0.3) is 0 Å². The molecule has 0 spiro atoms. The average molecular weight is 308 g/mol. The minimum absolute atomic E-state index is 0.125. The van der Waals surface area contributed by atoms with Crippen LogP contribution in [0.3, 0.4) is 0 Å². The van der Waals surface area contributed by atoms with Crippen LogP contribution in [-0.4, -0.2) is 31.3 Å². The van der Waals surface area contributed by atoms with Crippen LogP contribution in [0.2, 0.25) is 5.02 Å². The third kappa shape index (κ3) is 2.71. The molecule has 1 aliphatic rings. The van der Waals surface area contributed by atoms with Gasteiger partial charge in [0.2, 0.25) is 0 Å². The number of aromatic amines is 1. The lowest BCUT2D eigenvalue weighted by Crippen LogP contribution is -3.13. The summed E-state index contributed by atoms with van der Waals surface area (Å²) in [5.74, 6) is 0. The fraction of sp³-hybridized carbons (Fsp3) is 0.438. The Hall–Kier alpha value is -1.36. The van der Waals surface area contributed by atoms with E-state index in [0.717, 1.165) is 60.6 Å². The summed E-state index contributed by atoms with van der Waals surface area (Å²) in [6.07, 6.45) is 0. The maximum Gasteiger partial charge on any atom is 0.198 e. The van der Waals surface area contributed by atoms with Crippen LogP contribution in [0.1, 0.15) is 16.8 Å². The van der Waals surface area contributed by atoms with Gasteiger partial charge < -0.3 is 14.6 Å². The van der Waals surface area contributed by atoms with Gasteiger partial charge >= 0.3 is 0 Å². The van der Waals surface area contributed by atoms with Gasteiger partial charge in [-0.25, -0.2) is 0 Å². The Bertz CT molecular complexity index is 733. The number of hydrogen-bond donors (Lipinski definition) is 2. The maximum atomic E-state index is 12.8. The van der Waals surface area contributed by atoms with Gasteiger partial charge in [-0.3, -0.25) is 4.79 Å². The Balaban J connectivity index is 2.07. The van der Waals surface area contributed by atoms with Crippen molar-refractivity contribution in [2.75, 3.05) is 26.3 Å². The Morgan fingerprint density at radius 3 is 2.71 bits per heavy atom. The fourth-order valence-electron chi connectivity index (χ4n) is 2.93. The predicted octanol–water partition coefficient (Wildman–Crippen LogP) is 1.21. The van der Waals surface area contributed by atoms with Gasteiger partial charge in [-0.1, -0.05) is 11.6 Å². The molecule has 21 heavy (non-hydrogen) atoms. The molecule has 2 heterocycles. The van der Waals surface area contributed by atoms with Gasteiger partial charge in [0.15, 0.2) is 5.43 Å². The molecule has 0 radical (unpaired) electrons. The Morgan fingerprint density at radius 1 is 1.29 bits per heavy atom. The molecule has 1 aliphatic heterocycles. The van der Waals surface area contributed by atoms with E-state index >= 15 is 0 Å². The van der Waals surface area contributed by atoms with Crippen molar-refractivity contribution < 1.29 is 9.64 Å². The zero-order valence-electron chi connectivity index (χ0n) is 12.4. The number of morpholine rings is 1. The van der Waals surface area contributed by atoms with Crippen molar-refractivity contribution in [3.63, 3.8) is 0 Å². The highest BCUT2D eigenvalue weighted by atomic mass is 35.5. The molecule has 0 unspecified atom stereocenters. The molecule has 1 aromatic heterocycles. The van der Waals surface area contributed by atoms with Crippen molar-refractivity contribution in [1.82, 2.24) is 4.98 Å². The summed E-state index contributed by atoms with van der Waals surface area (Å²) in [7, 11) is 0. The van der Waals surface area contributed by atoms with Crippen molar-refractivity contribution in [3.05, 3.63) is 44.2 Å². The fourth-order valence-corrected chi connectivity index (χ4v) is 3.09. The van der Waals surface area contributed by atoms with E-state index in [1.54, 1.807) is 6.07 Å². The van der Waals surface area contributed by atoms with E-state index in [4.69, 9.17) is 16.3 Å². The summed E-state index contributed by atoms with van der Waals surface area (Å²) in [6, 6.07) is 3.62. The van der Waals surface area contributed by atoms with Gasteiger partial charge in [-0.2, -0.15) is 0 Å². The quantitative estimate of drug-likeness (QED) is 0.876. The van der Waals surface area contributed by atoms with E-state index in [1.165, 1.54) is 4.90 Å². The van der Waals surface area contributed by atoms with Crippen LogP contribution in [0.15, 0.2) is 16.9 Å². The molecule has 1 fully saturated rings. The van der Waals surface area contributed by atoms with Crippen molar-refractivity contribution >= 4 is 22.5 Å². The number of rotatable bonds is 2. The smallest absolute Gasteiger partial charge is 0.198 e. The molecule has 0 saturated carbocycles. The lowest BCUT2D eigenvalue weighted by Gasteiger charge is -2.24. The first-order chi connectivity index (χ1) is 10.1. The second-order valence-corrected chi connectivity index (χ2v) is 6.10. The summed E-state index contributed by atoms with van der Waals surface area (Å²) < 4.78 is 5.38. The van der Waals surface area contributed by atoms with E-state index in [-0.39, 0.29) is 5.43 Å². The molecule has 4 nitrogen and oxygen atoms in total. The Kier molecular flexibility index (Phi) is 4.02. The summed E-state index contributed by atoms with van der Waals surface area (Å²) in [6.45, 7) is 8.11. The molecule has 3 rings (SSSR count). The van der Waals surface area contributed by atoms with Crippen LogP contribution in [0.5, 0.6) is 0 Å². The average Bonchev–Trinajstić information content (AvgIpc) is 2.49. The van der Waals surface area contributed by atoms with Crippen LogP contribution in [0.25, 0.3) is 10.9 Å². The number of quaternary nitrogens is 1. The van der Waals surface area contributed by atoms with E-state index in [0.29, 0.717) is 5.02 Å². The monoisotopic (exact) mass is 307 g/mol. The number of H-pyrrole nitrogens is 1. The molecule has 0 bridgehead atoms. The Morgan fingerprint density at radius 2 is 2.00 bits per heavy atom. The number of fused-ring (bicyclic) bond motifs is 1. The maximum absolute atomic E-state index is 12.8. The van der Waals surface area contributed by atoms with Crippen molar-refractivity contribution in [2.24, 2.45) is 0 Å².